The Balaban J connectivity index is 2.36. The highest BCUT2D eigenvalue weighted by atomic mass is 16.3. The maximum absolute atomic E-state index is 11.4. The van der Waals surface area contributed by atoms with Crippen molar-refractivity contribution >= 4 is 5.91 Å². The number of hydrogen-bond acceptors (Lipinski definition) is 2. The van der Waals surface area contributed by atoms with Gasteiger partial charge in [0.2, 0.25) is 0 Å². The topological polar surface area (TPSA) is 49.3 Å². The van der Waals surface area contributed by atoms with Gasteiger partial charge >= 0.3 is 0 Å². The molecule has 76 valence electrons. The minimum absolute atomic E-state index is 0.0914. The number of aliphatic hydroxyl groups is 1. The molecular formula is C11H15NO2. The van der Waals surface area contributed by atoms with E-state index in [2.05, 4.69) is 5.32 Å². The second kappa shape index (κ2) is 5.40. The molecule has 14 heavy (non-hydrogen) atoms. The molecule has 0 radical (unpaired) electrons. The average molecular weight is 193 g/mol. The van der Waals surface area contributed by atoms with E-state index in [4.69, 9.17) is 5.11 Å². The molecule has 1 aromatic carbocycles. The van der Waals surface area contributed by atoms with Gasteiger partial charge in [0.15, 0.2) is 0 Å². The van der Waals surface area contributed by atoms with E-state index in [1.54, 1.807) is 19.1 Å². The molecule has 0 aliphatic heterocycles. The van der Waals surface area contributed by atoms with Crippen LogP contribution in [0.15, 0.2) is 30.3 Å². The van der Waals surface area contributed by atoms with Gasteiger partial charge in [-0.1, -0.05) is 18.2 Å². The van der Waals surface area contributed by atoms with Crippen LogP contribution >= 0.6 is 0 Å². The zero-order valence-corrected chi connectivity index (χ0v) is 8.23. The number of carbonyl (C=O) groups is 1. The van der Waals surface area contributed by atoms with E-state index in [0.717, 1.165) is 0 Å². The number of hydrogen-bond donors (Lipinski definition) is 2. The second-order valence-electron chi connectivity index (χ2n) is 3.26. The van der Waals surface area contributed by atoms with E-state index in [9.17, 15) is 4.79 Å². The van der Waals surface area contributed by atoms with Crippen LogP contribution in [0.2, 0.25) is 0 Å². The van der Waals surface area contributed by atoms with Gasteiger partial charge in [-0.25, -0.2) is 0 Å². The molecule has 0 aliphatic carbocycles. The van der Waals surface area contributed by atoms with Crippen molar-refractivity contribution in [3.05, 3.63) is 35.9 Å². The molecule has 0 aliphatic rings. The maximum atomic E-state index is 11.4. The summed E-state index contributed by atoms with van der Waals surface area (Å²) in [4.78, 5) is 11.4. The molecule has 1 aromatic rings. The lowest BCUT2D eigenvalue weighted by Gasteiger charge is -2.06. The first kappa shape index (κ1) is 10.7. The van der Waals surface area contributed by atoms with Crippen LogP contribution in [0, 0.1) is 0 Å². The third kappa shape index (κ3) is 3.58. The predicted molar refractivity (Wildman–Crippen MR) is 55.1 cm³/mol. The van der Waals surface area contributed by atoms with Crippen LogP contribution in [-0.4, -0.2) is 23.7 Å². The average Bonchev–Trinajstić information content (AvgIpc) is 2.18. The highest BCUT2D eigenvalue weighted by molar-refractivity contribution is 5.94. The summed E-state index contributed by atoms with van der Waals surface area (Å²) in [5.74, 6) is -0.0914. The molecule has 1 amide bonds. The van der Waals surface area contributed by atoms with E-state index in [1.807, 2.05) is 18.2 Å². The van der Waals surface area contributed by atoms with E-state index in [1.165, 1.54) is 0 Å². The molecule has 0 unspecified atom stereocenters. The number of rotatable bonds is 4. The smallest absolute Gasteiger partial charge is 0.251 e. The molecule has 0 saturated heterocycles. The van der Waals surface area contributed by atoms with Crippen molar-refractivity contribution < 1.29 is 9.90 Å². The van der Waals surface area contributed by atoms with Crippen LogP contribution in [0.1, 0.15) is 23.7 Å². The monoisotopic (exact) mass is 193 g/mol. The summed E-state index contributed by atoms with van der Waals surface area (Å²) in [7, 11) is 0. The van der Waals surface area contributed by atoms with Crippen molar-refractivity contribution in [2.24, 2.45) is 0 Å². The van der Waals surface area contributed by atoms with Crippen molar-refractivity contribution in [3.63, 3.8) is 0 Å². The molecule has 3 heteroatoms. The van der Waals surface area contributed by atoms with Crippen molar-refractivity contribution in [1.29, 1.82) is 0 Å². The molecule has 2 N–H and O–H groups in total. The highest BCUT2D eigenvalue weighted by Crippen LogP contribution is 1.97. The first-order valence-corrected chi connectivity index (χ1v) is 4.71. The van der Waals surface area contributed by atoms with E-state index >= 15 is 0 Å². The van der Waals surface area contributed by atoms with Crippen LogP contribution in [0.5, 0.6) is 0 Å². The van der Waals surface area contributed by atoms with Crippen LogP contribution in [-0.2, 0) is 0 Å². The molecule has 0 aromatic heterocycles. The number of aliphatic hydroxyl groups excluding tert-OH is 1. The Hall–Kier alpha value is -1.35. The number of carbonyl (C=O) groups excluding carboxylic acids is 1. The second-order valence-corrected chi connectivity index (χ2v) is 3.26. The Morgan fingerprint density at radius 1 is 1.43 bits per heavy atom. The molecular weight excluding hydrogens is 178 g/mol. The van der Waals surface area contributed by atoms with Gasteiger partial charge in [-0.2, -0.15) is 0 Å². The normalized spacial score (nSPS) is 12.1. The first-order chi connectivity index (χ1) is 6.70. The van der Waals surface area contributed by atoms with E-state index in [0.29, 0.717) is 18.5 Å². The predicted octanol–water partition coefficient (Wildman–Crippen LogP) is 1.19. The molecule has 1 rings (SSSR count). The lowest BCUT2D eigenvalue weighted by atomic mass is 10.2. The van der Waals surface area contributed by atoms with Crippen molar-refractivity contribution in [2.75, 3.05) is 6.54 Å². The van der Waals surface area contributed by atoms with Crippen LogP contribution in [0.25, 0.3) is 0 Å². The molecule has 0 bridgehead atoms. The van der Waals surface area contributed by atoms with Gasteiger partial charge < -0.3 is 10.4 Å². The third-order valence-corrected chi connectivity index (χ3v) is 1.88. The van der Waals surface area contributed by atoms with E-state index in [-0.39, 0.29) is 12.0 Å². The van der Waals surface area contributed by atoms with Gasteiger partial charge in [0.05, 0.1) is 6.10 Å². The minimum Gasteiger partial charge on any atom is -0.393 e. The number of nitrogens with one attached hydrogen (secondary N) is 1. The minimum atomic E-state index is -0.369. The van der Waals surface area contributed by atoms with Gasteiger partial charge in [0.25, 0.3) is 5.91 Å². The van der Waals surface area contributed by atoms with Crippen LogP contribution in [0.3, 0.4) is 0 Å². The molecule has 0 spiro atoms. The Morgan fingerprint density at radius 2 is 2.07 bits per heavy atom. The summed E-state index contributed by atoms with van der Waals surface area (Å²) < 4.78 is 0. The number of benzene rings is 1. The highest BCUT2D eigenvalue weighted by Gasteiger charge is 2.03. The lowest BCUT2D eigenvalue weighted by molar-refractivity contribution is 0.0945. The maximum Gasteiger partial charge on any atom is 0.251 e. The van der Waals surface area contributed by atoms with Gasteiger partial charge in [-0.3, -0.25) is 4.79 Å². The molecule has 0 saturated carbocycles. The fraction of sp³-hybridized carbons (Fsp3) is 0.364. The van der Waals surface area contributed by atoms with Gasteiger partial charge in [-0.15, -0.1) is 0 Å². The standard InChI is InChI=1S/C11H15NO2/c1-9(13)7-8-12-11(14)10-5-3-2-4-6-10/h2-6,9,13H,7-8H2,1H3,(H,12,14)/t9-/m0/s1. The molecule has 1 atom stereocenters. The quantitative estimate of drug-likeness (QED) is 0.754. The Labute approximate surface area is 83.8 Å². The first-order valence-electron chi connectivity index (χ1n) is 4.71. The van der Waals surface area contributed by atoms with Gasteiger partial charge in [0.1, 0.15) is 0 Å². The fourth-order valence-corrected chi connectivity index (χ4v) is 1.09. The van der Waals surface area contributed by atoms with Crippen LogP contribution in [0.4, 0.5) is 0 Å². The third-order valence-electron chi connectivity index (χ3n) is 1.88. The molecule has 3 nitrogen and oxygen atoms in total. The zero-order valence-electron chi connectivity index (χ0n) is 8.23. The Bertz CT molecular complexity index is 283. The largest absolute Gasteiger partial charge is 0.393 e. The van der Waals surface area contributed by atoms with Crippen molar-refractivity contribution in [3.8, 4) is 0 Å². The summed E-state index contributed by atoms with van der Waals surface area (Å²) >= 11 is 0. The van der Waals surface area contributed by atoms with Gasteiger partial charge in [0, 0.05) is 12.1 Å². The molecule has 0 heterocycles. The summed E-state index contributed by atoms with van der Waals surface area (Å²) in [5, 5.41) is 11.7. The summed E-state index contributed by atoms with van der Waals surface area (Å²) in [6, 6.07) is 9.04. The van der Waals surface area contributed by atoms with Gasteiger partial charge in [-0.05, 0) is 25.5 Å². The summed E-state index contributed by atoms with van der Waals surface area (Å²) in [6.45, 7) is 2.21. The van der Waals surface area contributed by atoms with Crippen LogP contribution < -0.4 is 5.32 Å². The SMILES string of the molecule is C[C@H](O)CCNC(=O)c1ccccc1. The van der Waals surface area contributed by atoms with E-state index < -0.39 is 0 Å². The van der Waals surface area contributed by atoms with Crippen molar-refractivity contribution in [2.45, 2.75) is 19.4 Å². The summed E-state index contributed by atoms with van der Waals surface area (Å²) in [6.07, 6.45) is 0.213. The Kier molecular flexibility index (Phi) is 4.13. The fourth-order valence-electron chi connectivity index (χ4n) is 1.09. The van der Waals surface area contributed by atoms with Crippen molar-refractivity contribution in [1.82, 2.24) is 5.32 Å². The molecule has 0 fully saturated rings. The Morgan fingerprint density at radius 3 is 2.64 bits per heavy atom. The zero-order chi connectivity index (χ0) is 10.4. The number of amides is 1. The lowest BCUT2D eigenvalue weighted by Crippen LogP contribution is -2.26. The summed E-state index contributed by atoms with van der Waals surface area (Å²) in [5.41, 5.74) is 0.651.